The van der Waals surface area contributed by atoms with Crippen molar-refractivity contribution in [3.63, 3.8) is 0 Å². The average Bonchev–Trinajstić information content (AvgIpc) is 3.06. The lowest BCUT2D eigenvalue weighted by Gasteiger charge is -2.06. The molecule has 1 heterocycles. The van der Waals surface area contributed by atoms with Crippen LogP contribution in [0.5, 0.6) is 0 Å². The van der Waals surface area contributed by atoms with E-state index in [1.165, 1.54) is 18.4 Å². The Kier molecular flexibility index (Phi) is 2.98. The Labute approximate surface area is 105 Å². The van der Waals surface area contributed by atoms with E-state index in [0.717, 1.165) is 0 Å². The molecular weight excluding hydrogens is 228 g/mol. The number of rotatable bonds is 5. The molecule has 0 amide bonds. The number of anilines is 1. The number of hydrogen-bond donors (Lipinski definition) is 2. The summed E-state index contributed by atoms with van der Waals surface area (Å²) >= 11 is 0. The van der Waals surface area contributed by atoms with Gasteiger partial charge in [0.15, 0.2) is 0 Å². The van der Waals surface area contributed by atoms with Crippen LogP contribution in [0.3, 0.4) is 0 Å². The van der Waals surface area contributed by atoms with Crippen molar-refractivity contribution in [2.24, 2.45) is 5.73 Å². The molecule has 5 nitrogen and oxygen atoms in total. The second-order valence-corrected chi connectivity index (χ2v) is 4.66. The topological polar surface area (TPSA) is 77.0 Å². The molecule has 0 spiro atoms. The minimum absolute atomic E-state index is 0.255. The van der Waals surface area contributed by atoms with Gasteiger partial charge in [-0.15, -0.1) is 5.10 Å². The van der Waals surface area contributed by atoms with Gasteiger partial charge in [-0.25, -0.2) is 0 Å². The summed E-state index contributed by atoms with van der Waals surface area (Å²) in [5, 5.41) is 11.1. The van der Waals surface area contributed by atoms with Crippen LogP contribution in [0.1, 0.15) is 30.3 Å². The molecule has 1 fully saturated rings. The first-order chi connectivity index (χ1) is 8.81. The molecule has 0 aliphatic heterocycles. The number of nitrogens with zero attached hydrogens (tertiary/aromatic N) is 2. The Hall–Kier alpha value is -1.88. The van der Waals surface area contributed by atoms with Crippen LogP contribution in [0.4, 0.5) is 6.01 Å². The summed E-state index contributed by atoms with van der Waals surface area (Å²) in [5.41, 5.74) is 7.23. The van der Waals surface area contributed by atoms with Gasteiger partial charge in [0.1, 0.15) is 0 Å². The zero-order valence-electron chi connectivity index (χ0n) is 10.0. The van der Waals surface area contributed by atoms with Gasteiger partial charge in [0.05, 0.1) is 6.04 Å². The highest BCUT2D eigenvalue weighted by molar-refractivity contribution is 5.23. The van der Waals surface area contributed by atoms with Gasteiger partial charge in [0, 0.05) is 6.04 Å². The molecule has 0 saturated heterocycles. The van der Waals surface area contributed by atoms with Crippen molar-refractivity contribution in [3.8, 4) is 0 Å². The Bertz CT molecular complexity index is 507. The molecule has 1 aliphatic carbocycles. The molecule has 1 saturated carbocycles. The zero-order chi connectivity index (χ0) is 12.4. The fourth-order valence-electron chi connectivity index (χ4n) is 1.80. The number of nitrogens with two attached hydrogens (primary N) is 1. The predicted octanol–water partition coefficient (Wildman–Crippen LogP) is 1.89. The van der Waals surface area contributed by atoms with E-state index in [1.54, 1.807) is 0 Å². The Balaban J connectivity index is 1.64. The van der Waals surface area contributed by atoms with Crippen molar-refractivity contribution in [3.05, 3.63) is 41.8 Å². The fraction of sp³-hybridized carbons (Fsp3) is 0.385. The largest absolute Gasteiger partial charge is 0.406 e. The predicted molar refractivity (Wildman–Crippen MR) is 68.0 cm³/mol. The second-order valence-electron chi connectivity index (χ2n) is 4.66. The van der Waals surface area contributed by atoms with Crippen LogP contribution in [0.2, 0.25) is 0 Å². The van der Waals surface area contributed by atoms with Crippen molar-refractivity contribution < 1.29 is 4.42 Å². The van der Waals surface area contributed by atoms with Gasteiger partial charge in [-0.3, -0.25) is 0 Å². The lowest BCUT2D eigenvalue weighted by molar-refractivity contribution is 0.456. The summed E-state index contributed by atoms with van der Waals surface area (Å²) in [7, 11) is 0. The van der Waals surface area contributed by atoms with Crippen LogP contribution >= 0.6 is 0 Å². The van der Waals surface area contributed by atoms with Gasteiger partial charge in [-0.1, -0.05) is 35.4 Å². The molecule has 3 N–H and O–H groups in total. The molecule has 0 bridgehead atoms. The molecule has 94 valence electrons. The zero-order valence-corrected chi connectivity index (χ0v) is 10.0. The van der Waals surface area contributed by atoms with Crippen LogP contribution in [0.25, 0.3) is 0 Å². The number of hydrogen-bond acceptors (Lipinski definition) is 5. The van der Waals surface area contributed by atoms with Crippen molar-refractivity contribution in [1.29, 1.82) is 0 Å². The van der Waals surface area contributed by atoms with Gasteiger partial charge < -0.3 is 15.5 Å². The highest BCUT2D eigenvalue weighted by Crippen LogP contribution is 2.25. The molecule has 0 radical (unpaired) electrons. The van der Waals surface area contributed by atoms with E-state index in [4.69, 9.17) is 10.2 Å². The molecule has 0 unspecified atom stereocenters. The van der Waals surface area contributed by atoms with Crippen LogP contribution < -0.4 is 11.1 Å². The maximum atomic E-state index is 6.06. The highest BCUT2D eigenvalue weighted by Gasteiger charge is 2.24. The van der Waals surface area contributed by atoms with Gasteiger partial charge in [-0.05, 0) is 24.8 Å². The van der Waals surface area contributed by atoms with Crippen molar-refractivity contribution >= 4 is 6.01 Å². The summed E-state index contributed by atoms with van der Waals surface area (Å²) in [6, 6.07) is 10.8. The summed E-state index contributed by atoms with van der Waals surface area (Å²) in [6.07, 6.45) is 3.05. The number of aromatic nitrogens is 2. The Morgan fingerprint density at radius 3 is 2.78 bits per heavy atom. The van der Waals surface area contributed by atoms with E-state index in [0.29, 0.717) is 24.4 Å². The monoisotopic (exact) mass is 244 g/mol. The molecule has 5 heteroatoms. The average molecular weight is 244 g/mol. The first-order valence-corrected chi connectivity index (χ1v) is 6.21. The maximum absolute atomic E-state index is 6.06. The van der Waals surface area contributed by atoms with Gasteiger partial charge >= 0.3 is 6.01 Å². The van der Waals surface area contributed by atoms with Gasteiger partial charge in [-0.2, -0.15) is 0 Å². The summed E-state index contributed by atoms with van der Waals surface area (Å²) in [6.45, 7) is 0. The second kappa shape index (κ2) is 4.78. The fourth-order valence-corrected chi connectivity index (χ4v) is 1.80. The number of nitrogens with one attached hydrogen (secondary N) is 1. The molecule has 1 aromatic heterocycles. The molecule has 1 atom stereocenters. The third-order valence-corrected chi connectivity index (χ3v) is 2.96. The van der Waals surface area contributed by atoms with E-state index in [2.05, 4.69) is 15.5 Å². The van der Waals surface area contributed by atoms with E-state index < -0.39 is 0 Å². The highest BCUT2D eigenvalue weighted by atomic mass is 16.4. The molecule has 1 aromatic carbocycles. The van der Waals surface area contributed by atoms with Gasteiger partial charge in [0.25, 0.3) is 0 Å². The normalized spacial score (nSPS) is 16.5. The van der Waals surface area contributed by atoms with E-state index in [9.17, 15) is 0 Å². The summed E-state index contributed by atoms with van der Waals surface area (Å²) < 4.78 is 5.51. The van der Waals surface area contributed by atoms with Gasteiger partial charge in [0.2, 0.25) is 5.89 Å². The third kappa shape index (κ3) is 2.68. The molecule has 1 aliphatic rings. The maximum Gasteiger partial charge on any atom is 0.315 e. The first kappa shape index (κ1) is 11.2. The number of benzene rings is 1. The van der Waals surface area contributed by atoms with E-state index >= 15 is 0 Å². The lowest BCUT2D eigenvalue weighted by atomic mass is 10.1. The van der Waals surface area contributed by atoms with Crippen molar-refractivity contribution in [1.82, 2.24) is 10.2 Å². The van der Waals surface area contributed by atoms with E-state index in [1.807, 2.05) is 30.3 Å². The molecular formula is C13H16N4O. The van der Waals surface area contributed by atoms with Crippen LogP contribution in [-0.2, 0) is 6.42 Å². The Morgan fingerprint density at radius 1 is 1.28 bits per heavy atom. The molecule has 18 heavy (non-hydrogen) atoms. The van der Waals surface area contributed by atoms with Crippen molar-refractivity contribution in [2.45, 2.75) is 31.3 Å². The SMILES string of the molecule is N[C@H](Cc1ccccc1)c1nnc(NC2CC2)o1. The minimum atomic E-state index is -0.255. The van der Waals surface area contributed by atoms with Crippen molar-refractivity contribution in [2.75, 3.05) is 5.32 Å². The lowest BCUT2D eigenvalue weighted by Crippen LogP contribution is -2.13. The summed E-state index contributed by atoms with van der Waals surface area (Å²) in [5.74, 6) is 0.488. The molecule has 3 rings (SSSR count). The quantitative estimate of drug-likeness (QED) is 0.839. The minimum Gasteiger partial charge on any atom is -0.406 e. The standard InChI is InChI=1S/C13H16N4O/c14-11(8-9-4-2-1-3-5-9)12-16-17-13(18-12)15-10-6-7-10/h1-5,10-11H,6-8,14H2,(H,15,17)/t11-/m1/s1. The van der Waals surface area contributed by atoms with Crippen LogP contribution in [0, 0.1) is 0 Å². The van der Waals surface area contributed by atoms with E-state index in [-0.39, 0.29) is 6.04 Å². The molecule has 2 aromatic rings. The Morgan fingerprint density at radius 2 is 2.06 bits per heavy atom. The third-order valence-electron chi connectivity index (χ3n) is 2.96. The first-order valence-electron chi connectivity index (χ1n) is 6.21. The van der Waals surface area contributed by atoms with Crippen LogP contribution in [-0.4, -0.2) is 16.2 Å². The summed E-state index contributed by atoms with van der Waals surface area (Å²) in [4.78, 5) is 0. The smallest absolute Gasteiger partial charge is 0.315 e. The van der Waals surface area contributed by atoms with Crippen LogP contribution in [0.15, 0.2) is 34.7 Å².